The van der Waals surface area contributed by atoms with Crippen LogP contribution in [0.25, 0.3) is 0 Å². The summed E-state index contributed by atoms with van der Waals surface area (Å²) in [5.74, 6) is 1.85. The summed E-state index contributed by atoms with van der Waals surface area (Å²) < 4.78 is 33.8. The largest absolute Gasteiger partial charge is 0.466 e. The normalized spacial score (nSPS) is 19.9. The monoisotopic (exact) mass is 347 g/mol. The highest BCUT2D eigenvalue weighted by atomic mass is 32.2. The first kappa shape index (κ1) is 17.2. The predicted octanol–water partition coefficient (Wildman–Crippen LogP) is 3.76. The molecule has 0 spiro atoms. The van der Waals surface area contributed by atoms with Gasteiger partial charge in [-0.05, 0) is 36.8 Å². The van der Waals surface area contributed by atoms with Crippen molar-refractivity contribution in [3.8, 4) is 0 Å². The molecule has 2 aromatic rings. The van der Waals surface area contributed by atoms with E-state index in [0.717, 1.165) is 35.5 Å². The Labute approximate surface area is 144 Å². The lowest BCUT2D eigenvalue weighted by Crippen LogP contribution is -2.37. The Hall–Kier alpha value is -1.59. The van der Waals surface area contributed by atoms with Gasteiger partial charge in [-0.2, -0.15) is 0 Å². The Morgan fingerprint density at radius 2 is 1.96 bits per heavy atom. The van der Waals surface area contributed by atoms with Crippen LogP contribution in [0.5, 0.6) is 0 Å². The van der Waals surface area contributed by atoms with Crippen molar-refractivity contribution in [1.82, 2.24) is 4.72 Å². The highest BCUT2D eigenvalue weighted by Gasteiger charge is 2.36. The van der Waals surface area contributed by atoms with E-state index in [4.69, 9.17) is 4.42 Å². The molecule has 1 N–H and O–H groups in total. The molecule has 5 heteroatoms. The number of aryl methyl sites for hydroxylation is 2. The third-order valence-corrected chi connectivity index (χ3v) is 5.95. The van der Waals surface area contributed by atoms with Crippen LogP contribution in [0.15, 0.2) is 40.8 Å². The van der Waals surface area contributed by atoms with Crippen LogP contribution in [0.1, 0.15) is 49.0 Å². The second-order valence-electron chi connectivity index (χ2n) is 7.51. The van der Waals surface area contributed by atoms with Gasteiger partial charge < -0.3 is 4.42 Å². The van der Waals surface area contributed by atoms with E-state index in [1.54, 1.807) is 0 Å². The van der Waals surface area contributed by atoms with Crippen LogP contribution in [-0.4, -0.2) is 14.2 Å². The number of sulfonamides is 1. The smallest absolute Gasteiger partial charge is 0.212 e. The van der Waals surface area contributed by atoms with Gasteiger partial charge in [0.25, 0.3) is 0 Å². The molecule has 1 atom stereocenters. The Bertz CT molecular complexity index is 806. The number of hydrogen-bond acceptors (Lipinski definition) is 3. The highest BCUT2D eigenvalue weighted by molar-refractivity contribution is 7.89. The van der Waals surface area contributed by atoms with Crippen molar-refractivity contribution in [3.05, 3.63) is 59.0 Å². The molecule has 0 saturated carbocycles. The molecule has 0 amide bonds. The van der Waals surface area contributed by atoms with Crippen molar-refractivity contribution < 1.29 is 12.8 Å². The van der Waals surface area contributed by atoms with Crippen molar-refractivity contribution >= 4 is 10.0 Å². The standard InChI is InChI=1S/C19H25NO3S/c1-14-11-16-17(12-19(2,3)13-18(16)23-14)20-24(21,22)10-9-15-7-5-4-6-8-15/h4-8,11,17,20H,9-10,12-13H2,1-3H3/t17-/m0/s1. The summed E-state index contributed by atoms with van der Waals surface area (Å²) >= 11 is 0. The quantitative estimate of drug-likeness (QED) is 0.896. The average Bonchev–Trinajstić information content (AvgIpc) is 2.85. The summed E-state index contributed by atoms with van der Waals surface area (Å²) in [6.45, 7) is 6.21. The molecular formula is C19H25NO3S. The topological polar surface area (TPSA) is 59.3 Å². The number of hydrogen-bond donors (Lipinski definition) is 1. The molecule has 0 radical (unpaired) electrons. The Morgan fingerprint density at radius 3 is 2.67 bits per heavy atom. The van der Waals surface area contributed by atoms with Crippen molar-refractivity contribution in [1.29, 1.82) is 0 Å². The fourth-order valence-corrected chi connectivity index (χ4v) is 4.73. The summed E-state index contributed by atoms with van der Waals surface area (Å²) in [6, 6.07) is 11.5. The van der Waals surface area contributed by atoms with Crippen LogP contribution in [0.4, 0.5) is 0 Å². The van der Waals surface area contributed by atoms with E-state index >= 15 is 0 Å². The molecule has 0 unspecified atom stereocenters. The minimum absolute atomic E-state index is 0.0178. The second-order valence-corrected chi connectivity index (χ2v) is 9.38. The summed E-state index contributed by atoms with van der Waals surface area (Å²) in [5.41, 5.74) is 2.05. The van der Waals surface area contributed by atoms with Gasteiger partial charge >= 0.3 is 0 Å². The van der Waals surface area contributed by atoms with Crippen molar-refractivity contribution in [2.45, 2.75) is 46.1 Å². The molecule has 4 nitrogen and oxygen atoms in total. The van der Waals surface area contributed by atoms with Gasteiger partial charge in [-0.15, -0.1) is 0 Å². The van der Waals surface area contributed by atoms with Crippen LogP contribution in [0, 0.1) is 12.3 Å². The summed E-state index contributed by atoms with van der Waals surface area (Å²) in [6.07, 6.45) is 2.14. The van der Waals surface area contributed by atoms with Crippen molar-refractivity contribution in [2.24, 2.45) is 5.41 Å². The summed E-state index contributed by atoms with van der Waals surface area (Å²) in [7, 11) is -3.35. The van der Waals surface area contributed by atoms with Crippen LogP contribution >= 0.6 is 0 Å². The molecule has 1 aromatic heterocycles. The zero-order valence-corrected chi connectivity index (χ0v) is 15.3. The van der Waals surface area contributed by atoms with Gasteiger partial charge in [0.2, 0.25) is 10.0 Å². The molecule has 0 aliphatic heterocycles. The first-order chi connectivity index (χ1) is 11.2. The van der Waals surface area contributed by atoms with E-state index < -0.39 is 10.0 Å². The third-order valence-electron chi connectivity index (χ3n) is 4.56. The minimum atomic E-state index is -3.35. The van der Waals surface area contributed by atoms with E-state index in [1.165, 1.54) is 0 Å². The molecule has 130 valence electrons. The zero-order valence-electron chi connectivity index (χ0n) is 14.5. The molecule has 0 saturated heterocycles. The first-order valence-corrected chi connectivity index (χ1v) is 10.0. The number of furan rings is 1. The van der Waals surface area contributed by atoms with E-state index in [2.05, 4.69) is 18.6 Å². The molecular weight excluding hydrogens is 322 g/mol. The summed E-state index contributed by atoms with van der Waals surface area (Å²) in [5, 5.41) is 0. The maximum atomic E-state index is 12.6. The fourth-order valence-electron chi connectivity index (χ4n) is 3.46. The number of rotatable bonds is 5. The number of fused-ring (bicyclic) bond motifs is 1. The lowest BCUT2D eigenvalue weighted by Gasteiger charge is -2.34. The molecule has 0 fully saturated rings. The molecule has 1 aliphatic rings. The summed E-state index contributed by atoms with van der Waals surface area (Å²) in [4.78, 5) is 0. The molecule has 0 bridgehead atoms. The second kappa shape index (κ2) is 6.37. The maximum absolute atomic E-state index is 12.6. The lowest BCUT2D eigenvalue weighted by molar-refractivity contribution is 0.247. The van der Waals surface area contributed by atoms with Crippen molar-refractivity contribution in [3.63, 3.8) is 0 Å². The van der Waals surface area contributed by atoms with Crippen LogP contribution in [0.3, 0.4) is 0 Å². The van der Waals surface area contributed by atoms with Gasteiger partial charge in [0.1, 0.15) is 11.5 Å². The molecule has 24 heavy (non-hydrogen) atoms. The third kappa shape index (κ3) is 4.08. The van der Waals surface area contributed by atoms with Crippen LogP contribution < -0.4 is 4.72 Å². The van der Waals surface area contributed by atoms with Gasteiger partial charge in [-0.3, -0.25) is 0 Å². The molecule has 3 rings (SSSR count). The maximum Gasteiger partial charge on any atom is 0.212 e. The van der Waals surface area contributed by atoms with Crippen molar-refractivity contribution in [2.75, 3.05) is 5.75 Å². The van der Waals surface area contributed by atoms with E-state index in [-0.39, 0.29) is 17.2 Å². The first-order valence-electron chi connectivity index (χ1n) is 8.37. The van der Waals surface area contributed by atoms with Gasteiger partial charge in [0, 0.05) is 12.0 Å². The van der Waals surface area contributed by atoms with E-state index in [0.29, 0.717) is 6.42 Å². The van der Waals surface area contributed by atoms with Gasteiger partial charge in [0.05, 0.1) is 11.8 Å². The minimum Gasteiger partial charge on any atom is -0.466 e. The molecule has 1 aliphatic carbocycles. The zero-order chi connectivity index (χ0) is 17.4. The molecule has 1 heterocycles. The Balaban J connectivity index is 1.74. The number of benzene rings is 1. The number of nitrogens with one attached hydrogen (secondary N) is 1. The van der Waals surface area contributed by atoms with Gasteiger partial charge in [0.15, 0.2) is 0 Å². The van der Waals surface area contributed by atoms with E-state index in [1.807, 2.05) is 43.3 Å². The Morgan fingerprint density at radius 1 is 1.25 bits per heavy atom. The Kier molecular flexibility index (Phi) is 4.58. The lowest BCUT2D eigenvalue weighted by atomic mass is 9.75. The average molecular weight is 347 g/mol. The predicted molar refractivity (Wildman–Crippen MR) is 95.4 cm³/mol. The van der Waals surface area contributed by atoms with E-state index in [9.17, 15) is 8.42 Å². The fraction of sp³-hybridized carbons (Fsp3) is 0.474. The van der Waals surface area contributed by atoms with Crippen LogP contribution in [-0.2, 0) is 22.9 Å². The van der Waals surface area contributed by atoms with Gasteiger partial charge in [-0.1, -0.05) is 44.2 Å². The van der Waals surface area contributed by atoms with Crippen LogP contribution in [0.2, 0.25) is 0 Å². The van der Waals surface area contributed by atoms with Gasteiger partial charge in [-0.25, -0.2) is 13.1 Å². The highest BCUT2D eigenvalue weighted by Crippen LogP contribution is 2.42. The SMILES string of the molecule is Cc1cc2c(o1)CC(C)(C)C[C@@H]2NS(=O)(=O)CCc1ccccc1. The molecule has 1 aromatic carbocycles.